The average molecular weight is 298 g/mol. The van der Waals surface area contributed by atoms with Gasteiger partial charge in [-0.05, 0) is 25.0 Å². The Morgan fingerprint density at radius 1 is 1.45 bits per heavy atom. The Balaban J connectivity index is 1.88. The molecule has 0 saturated carbocycles. The topological polar surface area (TPSA) is 91.4 Å². The van der Waals surface area contributed by atoms with Gasteiger partial charge in [0.2, 0.25) is 10.0 Å². The van der Waals surface area contributed by atoms with Gasteiger partial charge in [0.15, 0.2) is 0 Å². The van der Waals surface area contributed by atoms with Gasteiger partial charge < -0.3 is 5.32 Å². The van der Waals surface area contributed by atoms with Crippen LogP contribution in [0.4, 0.5) is 10.6 Å². The molecule has 1 saturated heterocycles. The third-order valence-electron chi connectivity index (χ3n) is 3.09. The summed E-state index contributed by atoms with van der Waals surface area (Å²) in [5.74, 6) is 0.459. The Bertz CT molecular complexity index is 561. The highest BCUT2D eigenvalue weighted by atomic mass is 32.2. The number of hydrogen-bond acceptors (Lipinski definition) is 4. The molecule has 1 fully saturated rings. The summed E-state index contributed by atoms with van der Waals surface area (Å²) in [6.07, 6.45) is 4.27. The Morgan fingerprint density at radius 3 is 2.90 bits per heavy atom. The van der Waals surface area contributed by atoms with Crippen LogP contribution < -0.4 is 10.6 Å². The van der Waals surface area contributed by atoms with E-state index in [9.17, 15) is 13.2 Å². The van der Waals surface area contributed by atoms with Crippen molar-refractivity contribution in [3.05, 3.63) is 24.4 Å². The Labute approximate surface area is 118 Å². The number of aromatic nitrogens is 1. The predicted molar refractivity (Wildman–Crippen MR) is 75.8 cm³/mol. The number of carbonyl (C=O) groups excluding carboxylic acids is 1. The minimum Gasteiger partial charge on any atom is -0.334 e. The van der Waals surface area contributed by atoms with E-state index in [1.165, 1.54) is 10.6 Å². The summed E-state index contributed by atoms with van der Waals surface area (Å²) in [5.41, 5.74) is 0. The smallest absolute Gasteiger partial charge is 0.320 e. The van der Waals surface area contributed by atoms with Crippen LogP contribution in [0.2, 0.25) is 0 Å². The molecule has 0 aromatic carbocycles. The number of pyridine rings is 1. The fraction of sp³-hybridized carbons (Fsp3) is 0.500. The van der Waals surface area contributed by atoms with Crippen molar-refractivity contribution in [3.8, 4) is 0 Å². The summed E-state index contributed by atoms with van der Waals surface area (Å²) in [6, 6.07) is 4.66. The molecule has 7 nitrogen and oxygen atoms in total. The maximum absolute atomic E-state index is 11.8. The lowest BCUT2D eigenvalue weighted by Gasteiger charge is -2.31. The molecule has 0 bridgehead atoms. The Hall–Kier alpha value is -1.67. The molecule has 1 atom stereocenters. The molecule has 0 spiro atoms. The highest BCUT2D eigenvalue weighted by Crippen LogP contribution is 2.13. The van der Waals surface area contributed by atoms with E-state index in [4.69, 9.17) is 0 Å². The SMILES string of the molecule is CS(=O)(=O)N1CCCC(NC(=O)Nc2ccccn2)C1. The molecule has 2 N–H and O–H groups in total. The normalized spacial score (nSPS) is 20.4. The summed E-state index contributed by atoms with van der Waals surface area (Å²) in [6.45, 7) is 0.827. The van der Waals surface area contributed by atoms with Crippen molar-refractivity contribution in [3.63, 3.8) is 0 Å². The van der Waals surface area contributed by atoms with E-state index in [1.54, 1.807) is 24.4 Å². The Morgan fingerprint density at radius 2 is 2.25 bits per heavy atom. The van der Waals surface area contributed by atoms with Crippen LogP contribution in [-0.4, -0.2) is 49.1 Å². The number of anilines is 1. The average Bonchev–Trinajstić information content (AvgIpc) is 2.39. The fourth-order valence-corrected chi connectivity index (χ4v) is 3.05. The van der Waals surface area contributed by atoms with E-state index in [0.29, 0.717) is 18.9 Å². The van der Waals surface area contributed by atoms with Gasteiger partial charge in [-0.25, -0.2) is 22.5 Å². The van der Waals surface area contributed by atoms with Gasteiger partial charge in [-0.2, -0.15) is 0 Å². The highest BCUT2D eigenvalue weighted by molar-refractivity contribution is 7.88. The van der Waals surface area contributed by atoms with E-state index in [1.807, 2.05) is 0 Å². The maximum Gasteiger partial charge on any atom is 0.320 e. The van der Waals surface area contributed by atoms with Crippen LogP contribution in [0.5, 0.6) is 0 Å². The minimum absolute atomic E-state index is 0.179. The predicted octanol–water partition coefficient (Wildman–Crippen LogP) is 0.627. The van der Waals surface area contributed by atoms with Gasteiger partial charge in [0.05, 0.1) is 6.26 Å². The van der Waals surface area contributed by atoms with Crippen LogP contribution in [0, 0.1) is 0 Å². The lowest BCUT2D eigenvalue weighted by Crippen LogP contribution is -2.50. The first-order valence-electron chi connectivity index (χ1n) is 6.39. The molecule has 20 heavy (non-hydrogen) atoms. The number of piperidine rings is 1. The van der Waals surface area contributed by atoms with Crippen molar-refractivity contribution in [1.82, 2.24) is 14.6 Å². The van der Waals surface area contributed by atoms with Crippen molar-refractivity contribution in [2.45, 2.75) is 18.9 Å². The fourth-order valence-electron chi connectivity index (χ4n) is 2.14. The Kier molecular flexibility index (Phi) is 4.56. The second-order valence-electron chi connectivity index (χ2n) is 4.77. The van der Waals surface area contributed by atoms with Gasteiger partial charge in [0.25, 0.3) is 0 Å². The molecule has 2 amide bonds. The molecule has 0 aliphatic carbocycles. The summed E-state index contributed by atoms with van der Waals surface area (Å²) >= 11 is 0. The third kappa shape index (κ3) is 4.17. The molecule has 2 rings (SSSR count). The van der Waals surface area contributed by atoms with Gasteiger partial charge in [-0.15, -0.1) is 0 Å². The quantitative estimate of drug-likeness (QED) is 0.856. The first-order valence-corrected chi connectivity index (χ1v) is 8.23. The van der Waals surface area contributed by atoms with Crippen LogP contribution in [-0.2, 0) is 10.0 Å². The lowest BCUT2D eigenvalue weighted by atomic mass is 10.1. The minimum atomic E-state index is -3.20. The summed E-state index contributed by atoms with van der Waals surface area (Å²) < 4.78 is 24.4. The van der Waals surface area contributed by atoms with Crippen molar-refractivity contribution in [2.24, 2.45) is 0 Å². The second-order valence-corrected chi connectivity index (χ2v) is 6.76. The molecule has 0 radical (unpaired) electrons. The third-order valence-corrected chi connectivity index (χ3v) is 4.36. The first-order chi connectivity index (χ1) is 9.45. The summed E-state index contributed by atoms with van der Waals surface area (Å²) in [5, 5.41) is 5.39. The van der Waals surface area contributed by atoms with Gasteiger partial charge in [-0.1, -0.05) is 6.07 Å². The zero-order valence-corrected chi connectivity index (χ0v) is 12.1. The number of nitrogens with zero attached hydrogens (tertiary/aromatic N) is 2. The van der Waals surface area contributed by atoms with Crippen molar-refractivity contribution in [2.75, 3.05) is 24.7 Å². The zero-order chi connectivity index (χ0) is 14.6. The number of urea groups is 1. The van der Waals surface area contributed by atoms with Crippen LogP contribution in [0.1, 0.15) is 12.8 Å². The first kappa shape index (κ1) is 14.7. The van der Waals surface area contributed by atoms with E-state index < -0.39 is 10.0 Å². The second kappa shape index (κ2) is 6.19. The van der Waals surface area contributed by atoms with Crippen LogP contribution in [0.25, 0.3) is 0 Å². The molecule has 1 aliphatic heterocycles. The van der Waals surface area contributed by atoms with Gasteiger partial charge >= 0.3 is 6.03 Å². The van der Waals surface area contributed by atoms with Gasteiger partial charge in [0, 0.05) is 25.3 Å². The lowest BCUT2D eigenvalue weighted by molar-refractivity contribution is 0.236. The van der Waals surface area contributed by atoms with Crippen LogP contribution >= 0.6 is 0 Å². The molecular formula is C12H18N4O3S. The number of hydrogen-bond donors (Lipinski definition) is 2. The van der Waals surface area contributed by atoms with Crippen molar-refractivity contribution in [1.29, 1.82) is 0 Å². The van der Waals surface area contributed by atoms with Crippen molar-refractivity contribution < 1.29 is 13.2 Å². The van der Waals surface area contributed by atoms with Crippen LogP contribution in [0.15, 0.2) is 24.4 Å². The number of rotatable bonds is 3. The molecule has 8 heteroatoms. The van der Waals surface area contributed by atoms with E-state index in [2.05, 4.69) is 15.6 Å². The summed E-state index contributed by atoms with van der Waals surface area (Å²) in [7, 11) is -3.20. The molecule has 2 heterocycles. The molecule has 1 aromatic rings. The largest absolute Gasteiger partial charge is 0.334 e. The monoisotopic (exact) mass is 298 g/mol. The molecule has 1 aromatic heterocycles. The van der Waals surface area contributed by atoms with E-state index in [-0.39, 0.29) is 12.1 Å². The number of amides is 2. The summed E-state index contributed by atoms with van der Waals surface area (Å²) in [4.78, 5) is 15.8. The number of carbonyl (C=O) groups is 1. The maximum atomic E-state index is 11.8. The standard InChI is InChI=1S/C12H18N4O3S/c1-20(18,19)16-8-4-5-10(9-16)14-12(17)15-11-6-2-3-7-13-11/h2-3,6-7,10H,4-5,8-9H2,1H3,(H2,13,14,15,17). The van der Waals surface area contributed by atoms with E-state index in [0.717, 1.165) is 12.8 Å². The van der Waals surface area contributed by atoms with E-state index >= 15 is 0 Å². The molecule has 1 unspecified atom stereocenters. The number of sulfonamides is 1. The van der Waals surface area contributed by atoms with Gasteiger partial charge in [0.1, 0.15) is 5.82 Å². The van der Waals surface area contributed by atoms with Crippen LogP contribution in [0.3, 0.4) is 0 Å². The van der Waals surface area contributed by atoms with Crippen molar-refractivity contribution >= 4 is 21.9 Å². The van der Waals surface area contributed by atoms with Gasteiger partial charge in [-0.3, -0.25) is 5.32 Å². The molecular weight excluding hydrogens is 280 g/mol. The molecule has 110 valence electrons. The number of nitrogens with one attached hydrogen (secondary N) is 2. The molecule has 1 aliphatic rings. The zero-order valence-electron chi connectivity index (χ0n) is 11.2. The highest BCUT2D eigenvalue weighted by Gasteiger charge is 2.26.